The molecule has 12 nitrogen and oxygen atoms in total. The lowest BCUT2D eigenvalue weighted by Gasteiger charge is -2.41. The largest absolute Gasteiger partial charge is 0.472 e. The quantitative estimate of drug-likeness (QED) is 0.0148. The Morgan fingerprint density at radius 2 is 0.937 bits per heavy atom. The summed E-state index contributed by atoms with van der Waals surface area (Å²) in [5.41, 5.74) is 0. The zero-order valence-electron chi connectivity index (χ0n) is 38.6. The Balaban J connectivity index is 2.45. The maximum atomic E-state index is 12.8. The van der Waals surface area contributed by atoms with Crippen LogP contribution in [0.5, 0.6) is 0 Å². The summed E-state index contributed by atoms with van der Waals surface area (Å²) in [5, 5.41) is 50.2. The third-order valence-electron chi connectivity index (χ3n) is 10.5. The number of esters is 1. The van der Waals surface area contributed by atoms with Crippen LogP contribution < -0.4 is 0 Å². The molecule has 1 rings (SSSR count). The molecule has 1 aliphatic carbocycles. The molecular weight excluding hydrogens is 824 g/mol. The Morgan fingerprint density at radius 3 is 1.43 bits per heavy atom. The molecule has 1 saturated carbocycles. The molecule has 1 aliphatic rings. The fourth-order valence-electron chi connectivity index (χ4n) is 6.73. The van der Waals surface area contributed by atoms with Gasteiger partial charge >= 0.3 is 13.8 Å². The summed E-state index contributed by atoms with van der Waals surface area (Å²) in [7, 11) is -5.05. The molecule has 0 saturated heterocycles. The van der Waals surface area contributed by atoms with E-state index in [2.05, 4.69) is 86.8 Å². The highest BCUT2D eigenvalue weighted by atomic mass is 31.2. The van der Waals surface area contributed by atoms with E-state index < -0.39 is 63.1 Å². The number of allylic oxidation sites excluding steroid dienone is 14. The first kappa shape index (κ1) is 58.5. The predicted octanol–water partition coefficient (Wildman–Crippen LogP) is 10.1. The van der Waals surface area contributed by atoms with E-state index >= 15 is 0 Å². The molecule has 0 aromatic rings. The first-order valence-corrected chi connectivity index (χ1v) is 25.4. The molecule has 6 N–H and O–H groups in total. The second-order valence-corrected chi connectivity index (χ2v) is 17.6. The van der Waals surface area contributed by atoms with Gasteiger partial charge < -0.3 is 39.9 Å². The lowest BCUT2D eigenvalue weighted by Crippen LogP contribution is -2.64. The fourth-order valence-corrected chi connectivity index (χ4v) is 7.70. The second kappa shape index (κ2) is 39.8. The molecule has 0 amide bonds. The van der Waals surface area contributed by atoms with Crippen LogP contribution >= 0.6 is 7.82 Å². The zero-order valence-corrected chi connectivity index (χ0v) is 39.5. The van der Waals surface area contributed by atoms with Crippen molar-refractivity contribution in [2.45, 2.75) is 204 Å². The molecule has 1 fully saturated rings. The third-order valence-corrected chi connectivity index (χ3v) is 11.5. The van der Waals surface area contributed by atoms with Gasteiger partial charge in [0.2, 0.25) is 0 Å². The van der Waals surface area contributed by atoms with Gasteiger partial charge in [-0.1, -0.05) is 163 Å². The number of phosphoric ester groups is 1. The molecule has 13 heteroatoms. The summed E-state index contributed by atoms with van der Waals surface area (Å²) in [6, 6.07) is 0. The molecular formula is C50H85O12P. The van der Waals surface area contributed by atoms with Gasteiger partial charge in [0, 0.05) is 13.0 Å². The Labute approximate surface area is 380 Å². The van der Waals surface area contributed by atoms with Crippen LogP contribution in [0.15, 0.2) is 85.1 Å². The zero-order chi connectivity index (χ0) is 46.2. The second-order valence-electron chi connectivity index (χ2n) is 16.2. The van der Waals surface area contributed by atoms with Crippen molar-refractivity contribution < 1.29 is 58.3 Å². The van der Waals surface area contributed by atoms with Crippen LogP contribution in [0.4, 0.5) is 0 Å². The minimum atomic E-state index is -5.05. The van der Waals surface area contributed by atoms with Crippen molar-refractivity contribution in [3.63, 3.8) is 0 Å². The van der Waals surface area contributed by atoms with Gasteiger partial charge in [0.15, 0.2) is 0 Å². The molecule has 0 aliphatic heterocycles. The van der Waals surface area contributed by atoms with E-state index in [0.717, 1.165) is 64.2 Å². The van der Waals surface area contributed by atoms with Crippen LogP contribution in [-0.2, 0) is 27.9 Å². The first-order valence-electron chi connectivity index (χ1n) is 23.9. The highest BCUT2D eigenvalue weighted by molar-refractivity contribution is 7.47. The van der Waals surface area contributed by atoms with E-state index in [-0.39, 0.29) is 13.0 Å². The smallest absolute Gasteiger partial charge is 0.457 e. The summed E-state index contributed by atoms with van der Waals surface area (Å²) in [6.45, 7) is 4.04. The SMILES string of the molecule is CC/C=C\C/C=C\C/C=C\C/C=C\C/C=C\C/C=C\CCC(=O)OC(COCCCCCCCC/C=C\CCCCCCCCC)COP(=O)(O)OC1C(O)C(O)C(O)C(O)C1O. The summed E-state index contributed by atoms with van der Waals surface area (Å²) >= 11 is 0. The van der Waals surface area contributed by atoms with Gasteiger partial charge in [0.05, 0.1) is 13.2 Å². The van der Waals surface area contributed by atoms with E-state index in [1.807, 2.05) is 12.2 Å². The molecule has 63 heavy (non-hydrogen) atoms. The van der Waals surface area contributed by atoms with Crippen molar-refractivity contribution in [1.82, 2.24) is 0 Å². The molecule has 0 aromatic carbocycles. The van der Waals surface area contributed by atoms with Gasteiger partial charge in [0.1, 0.15) is 42.7 Å². The average Bonchev–Trinajstić information content (AvgIpc) is 3.27. The van der Waals surface area contributed by atoms with E-state index in [4.69, 9.17) is 18.5 Å². The average molecular weight is 909 g/mol. The third kappa shape index (κ3) is 31.9. The minimum Gasteiger partial charge on any atom is -0.457 e. The highest BCUT2D eigenvalue weighted by Crippen LogP contribution is 2.47. The molecule has 362 valence electrons. The maximum Gasteiger partial charge on any atom is 0.472 e. The Kier molecular flexibility index (Phi) is 37.0. The topological polar surface area (TPSA) is 192 Å². The monoisotopic (exact) mass is 909 g/mol. The maximum absolute atomic E-state index is 12.8. The van der Waals surface area contributed by atoms with Gasteiger partial charge in [-0.15, -0.1) is 0 Å². The number of carbonyl (C=O) groups excluding carboxylic acids is 1. The van der Waals surface area contributed by atoms with E-state index in [0.29, 0.717) is 19.4 Å². The lowest BCUT2D eigenvalue weighted by molar-refractivity contribution is -0.220. The van der Waals surface area contributed by atoms with Crippen molar-refractivity contribution in [3.05, 3.63) is 85.1 Å². The summed E-state index contributed by atoms with van der Waals surface area (Å²) in [6.07, 6.45) is 40.9. The predicted molar refractivity (Wildman–Crippen MR) is 253 cm³/mol. The normalized spacial score (nSPS) is 22.6. The summed E-state index contributed by atoms with van der Waals surface area (Å²) in [4.78, 5) is 23.1. The van der Waals surface area contributed by atoms with E-state index in [9.17, 15) is 39.8 Å². The van der Waals surface area contributed by atoms with Crippen molar-refractivity contribution in [2.75, 3.05) is 19.8 Å². The van der Waals surface area contributed by atoms with E-state index in [1.54, 1.807) is 0 Å². The van der Waals surface area contributed by atoms with Gasteiger partial charge in [-0.05, 0) is 77.0 Å². The number of aliphatic hydroxyl groups excluding tert-OH is 5. The standard InChI is InChI=1S/C50H85O12P/c1-3-5-7-9-11-13-15-17-19-21-22-23-25-27-29-31-33-35-37-39-44(51)61-43(42-60-63(57,58)62-50-48(55)46(53)45(52)47(54)49(50)56)41-59-40-38-36-34-32-30-28-26-24-20-18-16-14-12-10-8-6-4-2/h5,7,11,13,17,19-20,22-24,27,29,33,35,43,45-50,52-56H,3-4,6,8-10,12,14-16,18,21,25-26,28,30-32,34,36-42H2,1-2H3,(H,57,58)/b7-5-,13-11-,19-17-,23-22-,24-20-,29-27-,35-33-. The van der Waals surface area contributed by atoms with Crippen molar-refractivity contribution in [3.8, 4) is 0 Å². The van der Waals surface area contributed by atoms with Crippen LogP contribution in [0.2, 0.25) is 0 Å². The fraction of sp³-hybridized carbons (Fsp3) is 0.700. The molecule has 6 atom stereocenters. The summed E-state index contributed by atoms with van der Waals surface area (Å²) in [5.74, 6) is -0.563. The number of unbranched alkanes of at least 4 members (excludes halogenated alkanes) is 13. The number of phosphoric acid groups is 1. The highest BCUT2D eigenvalue weighted by Gasteiger charge is 2.51. The number of carbonyl (C=O) groups is 1. The lowest BCUT2D eigenvalue weighted by atomic mass is 9.85. The molecule has 0 bridgehead atoms. The van der Waals surface area contributed by atoms with E-state index in [1.165, 1.54) is 64.2 Å². The number of ether oxygens (including phenoxy) is 2. The molecule has 6 unspecified atom stereocenters. The van der Waals surface area contributed by atoms with Crippen molar-refractivity contribution in [2.24, 2.45) is 0 Å². The van der Waals surface area contributed by atoms with Crippen LogP contribution in [0.1, 0.15) is 162 Å². The number of rotatable bonds is 39. The summed E-state index contributed by atoms with van der Waals surface area (Å²) < 4.78 is 34.1. The van der Waals surface area contributed by atoms with Crippen LogP contribution in [0, 0.1) is 0 Å². The number of hydrogen-bond donors (Lipinski definition) is 6. The molecule has 0 heterocycles. The first-order chi connectivity index (χ1) is 30.5. The Morgan fingerprint density at radius 1 is 0.524 bits per heavy atom. The van der Waals surface area contributed by atoms with Gasteiger partial charge in [0.25, 0.3) is 0 Å². The van der Waals surface area contributed by atoms with Crippen molar-refractivity contribution in [1.29, 1.82) is 0 Å². The van der Waals surface area contributed by atoms with Gasteiger partial charge in [-0.25, -0.2) is 4.57 Å². The van der Waals surface area contributed by atoms with Gasteiger partial charge in [-0.3, -0.25) is 13.8 Å². The molecule has 0 radical (unpaired) electrons. The van der Waals surface area contributed by atoms with Crippen LogP contribution in [0.25, 0.3) is 0 Å². The minimum absolute atomic E-state index is 0.0551. The Hall–Kier alpha value is -2.48. The van der Waals surface area contributed by atoms with Crippen LogP contribution in [-0.4, -0.2) is 98.9 Å². The van der Waals surface area contributed by atoms with Crippen LogP contribution in [0.3, 0.4) is 0 Å². The molecule has 0 spiro atoms. The van der Waals surface area contributed by atoms with Gasteiger partial charge in [-0.2, -0.15) is 0 Å². The molecule has 0 aromatic heterocycles. The van der Waals surface area contributed by atoms with Crippen molar-refractivity contribution >= 4 is 13.8 Å². The Bertz CT molecular complexity index is 1360. The number of hydrogen-bond acceptors (Lipinski definition) is 11. The number of aliphatic hydroxyl groups is 5.